The SMILES string of the molecule is O=C(CCC(=O)Oc1ccccc1F)OCC1CCCCC1. The van der Waals surface area contributed by atoms with Crippen LogP contribution in [0.15, 0.2) is 24.3 Å². The summed E-state index contributed by atoms with van der Waals surface area (Å²) in [5.74, 6) is -1.32. The van der Waals surface area contributed by atoms with Gasteiger partial charge in [-0.1, -0.05) is 31.4 Å². The van der Waals surface area contributed by atoms with Crippen LogP contribution in [0, 0.1) is 11.7 Å². The van der Waals surface area contributed by atoms with Gasteiger partial charge in [0.2, 0.25) is 0 Å². The van der Waals surface area contributed by atoms with Gasteiger partial charge in [0.25, 0.3) is 0 Å². The van der Waals surface area contributed by atoms with Gasteiger partial charge in [0.1, 0.15) is 0 Å². The molecule has 1 aliphatic carbocycles. The molecule has 0 aliphatic heterocycles. The first-order valence-electron chi connectivity index (χ1n) is 7.76. The van der Waals surface area contributed by atoms with E-state index in [4.69, 9.17) is 9.47 Å². The Hall–Kier alpha value is -1.91. The van der Waals surface area contributed by atoms with Gasteiger partial charge in [-0.15, -0.1) is 0 Å². The number of hydrogen-bond donors (Lipinski definition) is 0. The largest absolute Gasteiger partial charge is 0.465 e. The average molecular weight is 308 g/mol. The third-order valence-electron chi connectivity index (χ3n) is 3.80. The van der Waals surface area contributed by atoms with Crippen LogP contribution in [0.3, 0.4) is 0 Å². The second kappa shape index (κ2) is 8.51. The third kappa shape index (κ3) is 5.47. The summed E-state index contributed by atoms with van der Waals surface area (Å²) in [6, 6.07) is 5.66. The smallest absolute Gasteiger partial charge is 0.311 e. The van der Waals surface area contributed by atoms with Gasteiger partial charge in [0.15, 0.2) is 11.6 Å². The van der Waals surface area contributed by atoms with Crippen molar-refractivity contribution in [3.05, 3.63) is 30.1 Å². The van der Waals surface area contributed by atoms with E-state index in [1.807, 2.05) is 0 Å². The number of benzene rings is 1. The maximum absolute atomic E-state index is 13.3. The lowest BCUT2D eigenvalue weighted by Gasteiger charge is -2.20. The summed E-state index contributed by atoms with van der Waals surface area (Å²) in [4.78, 5) is 23.2. The van der Waals surface area contributed by atoms with Crippen molar-refractivity contribution in [2.75, 3.05) is 6.61 Å². The van der Waals surface area contributed by atoms with E-state index < -0.39 is 17.8 Å². The lowest BCUT2D eigenvalue weighted by atomic mass is 9.90. The molecule has 1 saturated carbocycles. The molecule has 0 aromatic heterocycles. The van der Waals surface area contributed by atoms with Crippen LogP contribution in [-0.4, -0.2) is 18.5 Å². The maximum atomic E-state index is 13.3. The summed E-state index contributed by atoms with van der Waals surface area (Å²) in [7, 11) is 0. The zero-order valence-electron chi connectivity index (χ0n) is 12.6. The Morgan fingerprint density at radius 2 is 1.73 bits per heavy atom. The van der Waals surface area contributed by atoms with E-state index in [2.05, 4.69) is 0 Å². The third-order valence-corrected chi connectivity index (χ3v) is 3.80. The van der Waals surface area contributed by atoms with Crippen LogP contribution in [0.4, 0.5) is 4.39 Å². The van der Waals surface area contributed by atoms with Crippen LogP contribution in [-0.2, 0) is 14.3 Å². The number of carbonyl (C=O) groups is 2. The molecule has 0 heterocycles. The molecule has 0 unspecified atom stereocenters. The number of halogens is 1. The monoisotopic (exact) mass is 308 g/mol. The minimum atomic E-state index is -0.639. The van der Waals surface area contributed by atoms with E-state index in [9.17, 15) is 14.0 Å². The van der Waals surface area contributed by atoms with Gasteiger partial charge in [-0.05, 0) is 30.9 Å². The molecular formula is C17H21FO4. The standard InChI is InChI=1S/C17H21FO4/c18-14-8-4-5-9-15(14)22-17(20)11-10-16(19)21-12-13-6-2-1-3-7-13/h4-5,8-9,13H,1-3,6-7,10-12H2. The molecule has 2 rings (SSSR count). The van der Waals surface area contributed by atoms with Gasteiger partial charge in [0.05, 0.1) is 19.4 Å². The van der Waals surface area contributed by atoms with Crippen LogP contribution < -0.4 is 4.74 Å². The van der Waals surface area contributed by atoms with Crippen LogP contribution in [0.5, 0.6) is 5.75 Å². The van der Waals surface area contributed by atoms with Crippen LogP contribution >= 0.6 is 0 Å². The Balaban J connectivity index is 1.65. The molecule has 22 heavy (non-hydrogen) atoms. The van der Waals surface area contributed by atoms with Crippen molar-refractivity contribution in [1.29, 1.82) is 0 Å². The number of para-hydroxylation sites is 1. The van der Waals surface area contributed by atoms with Crippen LogP contribution in [0.2, 0.25) is 0 Å². The Labute approximate surface area is 129 Å². The topological polar surface area (TPSA) is 52.6 Å². The average Bonchev–Trinajstić information content (AvgIpc) is 2.54. The fourth-order valence-corrected chi connectivity index (χ4v) is 2.54. The predicted octanol–water partition coefficient (Wildman–Crippen LogP) is 3.63. The Morgan fingerprint density at radius 1 is 1.05 bits per heavy atom. The molecule has 120 valence electrons. The predicted molar refractivity (Wildman–Crippen MR) is 78.8 cm³/mol. The summed E-state index contributed by atoms with van der Waals surface area (Å²) >= 11 is 0. The highest BCUT2D eigenvalue weighted by Crippen LogP contribution is 2.23. The van der Waals surface area contributed by atoms with Crippen LogP contribution in [0.1, 0.15) is 44.9 Å². The van der Waals surface area contributed by atoms with Crippen molar-refractivity contribution in [2.24, 2.45) is 5.92 Å². The minimum absolute atomic E-state index is 0.0417. The quantitative estimate of drug-likeness (QED) is 0.595. The summed E-state index contributed by atoms with van der Waals surface area (Å²) in [5, 5.41) is 0. The number of rotatable bonds is 6. The second-order valence-corrected chi connectivity index (χ2v) is 5.59. The molecule has 1 aromatic carbocycles. The first-order chi connectivity index (χ1) is 10.6. The Bertz CT molecular complexity index is 509. The fourth-order valence-electron chi connectivity index (χ4n) is 2.54. The van der Waals surface area contributed by atoms with E-state index in [0.717, 1.165) is 12.8 Å². The number of carbonyl (C=O) groups excluding carboxylic acids is 2. The highest BCUT2D eigenvalue weighted by molar-refractivity contribution is 5.79. The first kappa shape index (κ1) is 16.5. The molecule has 1 aromatic rings. The van der Waals surface area contributed by atoms with E-state index >= 15 is 0 Å². The van der Waals surface area contributed by atoms with Crippen molar-refractivity contribution >= 4 is 11.9 Å². The molecule has 0 radical (unpaired) electrons. The highest BCUT2D eigenvalue weighted by atomic mass is 19.1. The van der Waals surface area contributed by atoms with E-state index in [0.29, 0.717) is 12.5 Å². The summed E-state index contributed by atoms with van der Waals surface area (Å²) in [6.45, 7) is 0.432. The molecule has 0 spiro atoms. The van der Waals surface area contributed by atoms with Gasteiger partial charge in [-0.25, -0.2) is 4.39 Å². The van der Waals surface area contributed by atoms with Crippen molar-refractivity contribution in [1.82, 2.24) is 0 Å². The molecular weight excluding hydrogens is 287 g/mol. The van der Waals surface area contributed by atoms with E-state index in [1.165, 1.54) is 37.5 Å². The zero-order valence-corrected chi connectivity index (χ0v) is 12.6. The van der Waals surface area contributed by atoms with Gasteiger partial charge < -0.3 is 9.47 Å². The van der Waals surface area contributed by atoms with Crippen LogP contribution in [0.25, 0.3) is 0 Å². The molecule has 1 fully saturated rings. The van der Waals surface area contributed by atoms with Crippen molar-refractivity contribution in [3.8, 4) is 5.75 Å². The number of ether oxygens (including phenoxy) is 2. The van der Waals surface area contributed by atoms with Gasteiger partial charge >= 0.3 is 11.9 Å². The first-order valence-corrected chi connectivity index (χ1v) is 7.76. The van der Waals surface area contributed by atoms with Gasteiger partial charge in [-0.3, -0.25) is 9.59 Å². The van der Waals surface area contributed by atoms with Crippen molar-refractivity contribution in [2.45, 2.75) is 44.9 Å². The number of hydrogen-bond acceptors (Lipinski definition) is 4. The van der Waals surface area contributed by atoms with E-state index in [-0.39, 0.29) is 18.6 Å². The molecule has 0 atom stereocenters. The molecule has 5 heteroatoms. The van der Waals surface area contributed by atoms with Gasteiger partial charge in [0, 0.05) is 0 Å². The molecule has 4 nitrogen and oxygen atoms in total. The minimum Gasteiger partial charge on any atom is -0.465 e. The Kier molecular flexibility index (Phi) is 6.37. The van der Waals surface area contributed by atoms with E-state index in [1.54, 1.807) is 6.07 Å². The Morgan fingerprint density at radius 3 is 2.45 bits per heavy atom. The lowest BCUT2D eigenvalue weighted by Crippen LogP contribution is -2.18. The summed E-state index contributed by atoms with van der Waals surface area (Å²) in [5.41, 5.74) is 0. The normalized spacial score (nSPS) is 15.3. The molecule has 0 amide bonds. The zero-order chi connectivity index (χ0) is 15.8. The molecule has 0 saturated heterocycles. The molecule has 1 aliphatic rings. The number of esters is 2. The van der Waals surface area contributed by atoms with Crippen molar-refractivity contribution < 1.29 is 23.5 Å². The van der Waals surface area contributed by atoms with Crippen molar-refractivity contribution in [3.63, 3.8) is 0 Å². The fraction of sp³-hybridized carbons (Fsp3) is 0.529. The molecule has 0 bridgehead atoms. The second-order valence-electron chi connectivity index (χ2n) is 5.59. The summed E-state index contributed by atoms with van der Waals surface area (Å²) < 4.78 is 23.4. The maximum Gasteiger partial charge on any atom is 0.311 e. The highest BCUT2D eigenvalue weighted by Gasteiger charge is 2.16. The summed E-state index contributed by atoms with van der Waals surface area (Å²) in [6.07, 6.45) is 5.68. The molecule has 0 N–H and O–H groups in total. The lowest BCUT2D eigenvalue weighted by molar-refractivity contribution is -0.148. The van der Waals surface area contributed by atoms with Gasteiger partial charge in [-0.2, -0.15) is 0 Å².